The van der Waals surface area contributed by atoms with Crippen LogP contribution in [0.4, 0.5) is 0 Å². The maximum atomic E-state index is 13.0. The minimum Gasteiger partial charge on any atom is -0.462 e. The Morgan fingerprint density at radius 1 is 0.304 bits per heavy atom. The van der Waals surface area contributed by atoms with E-state index in [2.05, 4.69) is 55.4 Å². The lowest BCUT2D eigenvalue weighted by Gasteiger charge is -2.21. The molecule has 17 nitrogen and oxygen atoms in total. The van der Waals surface area contributed by atoms with Gasteiger partial charge in [0, 0.05) is 25.7 Å². The number of esters is 4. The van der Waals surface area contributed by atoms with Crippen molar-refractivity contribution in [1.29, 1.82) is 0 Å². The second-order valence-corrected chi connectivity index (χ2v) is 30.7. The number of hydrogen-bond donors (Lipinski definition) is 3. The highest BCUT2D eigenvalue weighted by Crippen LogP contribution is 2.45. The lowest BCUT2D eigenvalue weighted by Crippen LogP contribution is -2.30. The Morgan fingerprint density at radius 2 is 0.522 bits per heavy atom. The molecule has 0 aliphatic heterocycles. The van der Waals surface area contributed by atoms with Crippen LogP contribution in [-0.2, 0) is 65.4 Å². The molecule has 0 bridgehead atoms. The Morgan fingerprint density at radius 3 is 0.772 bits per heavy atom. The summed E-state index contributed by atoms with van der Waals surface area (Å²) in [5.74, 6) is 0.938. The van der Waals surface area contributed by atoms with E-state index in [1.54, 1.807) is 0 Å². The Balaban J connectivity index is 5.27. The highest BCUT2D eigenvalue weighted by atomic mass is 31.2. The van der Waals surface area contributed by atoms with E-state index in [0.29, 0.717) is 25.7 Å². The highest BCUT2D eigenvalue weighted by Gasteiger charge is 2.30. The van der Waals surface area contributed by atoms with Gasteiger partial charge >= 0.3 is 39.5 Å². The smallest absolute Gasteiger partial charge is 0.462 e. The van der Waals surface area contributed by atoms with Gasteiger partial charge < -0.3 is 33.8 Å². The van der Waals surface area contributed by atoms with Crippen molar-refractivity contribution in [2.45, 2.75) is 382 Å². The first-order valence-corrected chi connectivity index (χ1v) is 40.8. The van der Waals surface area contributed by atoms with Crippen LogP contribution in [0.2, 0.25) is 0 Å². The normalized spacial score (nSPS) is 14.8. The molecule has 0 aromatic rings. The number of hydrogen-bond acceptors (Lipinski definition) is 15. The Labute approximate surface area is 562 Å². The molecule has 0 saturated carbocycles. The third kappa shape index (κ3) is 64.1. The van der Waals surface area contributed by atoms with Crippen LogP contribution < -0.4 is 0 Å². The fourth-order valence-corrected chi connectivity index (χ4v) is 12.5. The van der Waals surface area contributed by atoms with Gasteiger partial charge in [-0.1, -0.05) is 312 Å². The summed E-state index contributed by atoms with van der Waals surface area (Å²) in [5.41, 5.74) is 0. The van der Waals surface area contributed by atoms with E-state index in [1.807, 2.05) is 0 Å². The maximum Gasteiger partial charge on any atom is 0.472 e. The molecule has 0 aromatic carbocycles. The van der Waals surface area contributed by atoms with Crippen molar-refractivity contribution in [3.8, 4) is 0 Å². The number of ether oxygens (including phenoxy) is 4. The molecule has 0 radical (unpaired) electrons. The maximum absolute atomic E-state index is 13.0. The Kier molecular flexibility index (Phi) is 61.3. The molecule has 0 saturated heterocycles. The monoisotopic (exact) mass is 1350 g/mol. The zero-order valence-electron chi connectivity index (χ0n) is 60.2. The summed E-state index contributed by atoms with van der Waals surface area (Å²) < 4.78 is 68.4. The van der Waals surface area contributed by atoms with Crippen LogP contribution in [0.25, 0.3) is 0 Å². The molecule has 19 heteroatoms. The number of carbonyl (C=O) groups excluding carboxylic acids is 4. The topological polar surface area (TPSA) is 237 Å². The Bertz CT molecular complexity index is 1820. The zero-order valence-corrected chi connectivity index (χ0v) is 62.0. The van der Waals surface area contributed by atoms with Crippen molar-refractivity contribution < 1.29 is 80.2 Å². The summed E-state index contributed by atoms with van der Waals surface area (Å²) in [5, 5.41) is 10.6. The van der Waals surface area contributed by atoms with E-state index in [0.717, 1.165) is 120 Å². The fourth-order valence-electron chi connectivity index (χ4n) is 11.0. The molecule has 0 aromatic heterocycles. The van der Waals surface area contributed by atoms with Gasteiger partial charge in [-0.25, -0.2) is 9.13 Å². The molecule has 0 rings (SSSR count). The van der Waals surface area contributed by atoms with Crippen molar-refractivity contribution >= 4 is 39.5 Å². The summed E-state index contributed by atoms with van der Waals surface area (Å²) in [6.07, 6.45) is 45.7. The van der Waals surface area contributed by atoms with Crippen LogP contribution in [0.1, 0.15) is 364 Å². The lowest BCUT2D eigenvalue weighted by molar-refractivity contribution is -0.161. The zero-order chi connectivity index (χ0) is 68.2. The largest absolute Gasteiger partial charge is 0.472 e. The van der Waals surface area contributed by atoms with Gasteiger partial charge in [-0.15, -0.1) is 0 Å². The number of phosphoric ester groups is 2. The first-order valence-electron chi connectivity index (χ1n) is 37.8. The number of unbranched alkanes of at least 4 members (excludes halogenated alkanes) is 34. The molecule has 0 aliphatic carbocycles. The highest BCUT2D eigenvalue weighted by molar-refractivity contribution is 7.47. The van der Waals surface area contributed by atoms with E-state index in [9.17, 15) is 43.2 Å². The quantitative estimate of drug-likeness (QED) is 0.0222. The van der Waals surface area contributed by atoms with Crippen LogP contribution in [0, 0.1) is 23.7 Å². The predicted molar refractivity (Wildman–Crippen MR) is 372 cm³/mol. The van der Waals surface area contributed by atoms with Gasteiger partial charge in [0.05, 0.1) is 26.4 Å². The molecule has 3 N–H and O–H groups in total. The second kappa shape index (κ2) is 62.6. The third-order valence-electron chi connectivity index (χ3n) is 17.5. The lowest BCUT2D eigenvalue weighted by atomic mass is 9.99. The predicted octanol–water partition coefficient (Wildman–Crippen LogP) is 20.9. The summed E-state index contributed by atoms with van der Waals surface area (Å²) in [7, 11) is -9.91. The van der Waals surface area contributed by atoms with Gasteiger partial charge in [0.2, 0.25) is 0 Å². The molecule has 92 heavy (non-hydrogen) atoms. The van der Waals surface area contributed by atoms with Gasteiger partial charge in [-0.05, 0) is 49.4 Å². The average molecular weight is 1350 g/mol. The van der Waals surface area contributed by atoms with Gasteiger partial charge in [-0.3, -0.25) is 37.3 Å². The molecule has 4 unspecified atom stereocenters. The molecule has 0 amide bonds. The number of carbonyl (C=O) groups is 4. The molecule has 7 atom stereocenters. The molecule has 0 aliphatic rings. The van der Waals surface area contributed by atoms with Crippen molar-refractivity contribution in [3.63, 3.8) is 0 Å². The van der Waals surface area contributed by atoms with Crippen LogP contribution >= 0.6 is 15.6 Å². The van der Waals surface area contributed by atoms with Crippen LogP contribution in [-0.4, -0.2) is 96.7 Å². The average Bonchev–Trinajstić information content (AvgIpc) is 2.52. The fraction of sp³-hybridized carbons (Fsp3) is 0.945. The molecule has 0 heterocycles. The van der Waals surface area contributed by atoms with E-state index >= 15 is 0 Å². The molecule has 0 spiro atoms. The summed E-state index contributed by atoms with van der Waals surface area (Å²) in [6, 6.07) is 0. The van der Waals surface area contributed by atoms with E-state index in [4.69, 9.17) is 37.0 Å². The van der Waals surface area contributed by atoms with E-state index < -0.39 is 97.5 Å². The molecule has 546 valence electrons. The number of rotatable bonds is 70. The summed E-state index contributed by atoms with van der Waals surface area (Å²) in [6.45, 7) is 14.2. The standard InChI is InChI=1S/C73H142O17P2/c1-9-65(7)51-43-35-27-21-16-17-23-30-40-48-56-73(78)90-69(60-84-71(76)54-46-38-32-31-36-44-52-66(8)10-2)62-88-92(81,82)86-58-67(74)57-85-91(79,80)87-61-68(59-83-70(75)53-45-37-28-24-18-20-26-34-42-50-64(5)6)89-72(77)55-47-39-29-22-15-13-11-12-14-19-25-33-41-49-63(3)4/h63-69,74H,9-62H2,1-8H3,(H,79,80)(H,81,82)/t65?,66?,67-,68-,69-/m1/s1. The van der Waals surface area contributed by atoms with Crippen molar-refractivity contribution in [2.75, 3.05) is 39.6 Å². The second-order valence-electron chi connectivity index (χ2n) is 27.8. The van der Waals surface area contributed by atoms with E-state index in [-0.39, 0.29) is 25.7 Å². The third-order valence-corrected chi connectivity index (χ3v) is 19.4. The molecular formula is C73H142O17P2. The van der Waals surface area contributed by atoms with Crippen molar-refractivity contribution in [1.82, 2.24) is 0 Å². The summed E-state index contributed by atoms with van der Waals surface area (Å²) in [4.78, 5) is 72.7. The minimum atomic E-state index is -4.96. The van der Waals surface area contributed by atoms with Gasteiger partial charge in [-0.2, -0.15) is 0 Å². The SMILES string of the molecule is CCC(C)CCCCCCCCCCCCC(=O)O[C@H](COC(=O)CCCCCCCCC(C)CC)COP(=O)(O)OC[C@H](O)COP(=O)(O)OC[C@@H](COC(=O)CCCCCCCCCCCC(C)C)OC(=O)CCCCCCCCCCCCCCCC(C)C. The molecule has 0 fully saturated rings. The van der Waals surface area contributed by atoms with Crippen molar-refractivity contribution in [3.05, 3.63) is 0 Å². The molecular weight excluding hydrogens is 1210 g/mol. The van der Waals surface area contributed by atoms with Gasteiger partial charge in [0.1, 0.15) is 19.3 Å². The number of aliphatic hydroxyl groups is 1. The van der Waals surface area contributed by atoms with Gasteiger partial charge in [0.15, 0.2) is 12.2 Å². The number of phosphoric acid groups is 2. The van der Waals surface area contributed by atoms with Crippen LogP contribution in [0.5, 0.6) is 0 Å². The summed E-state index contributed by atoms with van der Waals surface area (Å²) >= 11 is 0. The van der Waals surface area contributed by atoms with Gasteiger partial charge in [0.25, 0.3) is 0 Å². The number of aliphatic hydroxyl groups excluding tert-OH is 1. The first kappa shape index (κ1) is 90.1. The van der Waals surface area contributed by atoms with E-state index in [1.165, 1.54) is 161 Å². The van der Waals surface area contributed by atoms with Crippen LogP contribution in [0.3, 0.4) is 0 Å². The van der Waals surface area contributed by atoms with Crippen molar-refractivity contribution in [2.24, 2.45) is 23.7 Å². The first-order chi connectivity index (χ1) is 44.2. The Hall–Kier alpha value is -1.94. The van der Waals surface area contributed by atoms with Crippen LogP contribution in [0.15, 0.2) is 0 Å². The minimum absolute atomic E-state index is 0.105.